The number of carbonyl (C=O) groups excluding carboxylic acids is 1. The predicted molar refractivity (Wildman–Crippen MR) is 79.0 cm³/mol. The van der Waals surface area contributed by atoms with E-state index < -0.39 is 12.1 Å². The van der Waals surface area contributed by atoms with Crippen LogP contribution in [0, 0.1) is 0 Å². The summed E-state index contributed by atoms with van der Waals surface area (Å²) in [7, 11) is 0. The van der Waals surface area contributed by atoms with E-state index in [0.29, 0.717) is 19.4 Å². The fraction of sp³-hybridized carbons (Fsp3) is 0.333. The van der Waals surface area contributed by atoms with Gasteiger partial charge in [0, 0.05) is 23.0 Å². The van der Waals surface area contributed by atoms with E-state index in [4.69, 9.17) is 4.74 Å². The van der Waals surface area contributed by atoms with Crippen LogP contribution in [-0.4, -0.2) is 28.5 Å². The molecule has 1 aliphatic rings. The maximum absolute atomic E-state index is 13.1. The van der Waals surface area contributed by atoms with Gasteiger partial charge in [-0.25, -0.2) is 9.18 Å². The molecule has 0 radical (unpaired) electrons. The zero-order valence-corrected chi connectivity index (χ0v) is 12.8. The number of rotatable bonds is 4. The summed E-state index contributed by atoms with van der Waals surface area (Å²) < 4.78 is 20.9. The van der Waals surface area contributed by atoms with Crippen molar-refractivity contribution in [3.8, 4) is 0 Å². The Balaban J connectivity index is 1.54. The number of benzene rings is 1. The van der Waals surface area contributed by atoms with Gasteiger partial charge in [-0.05, 0) is 23.8 Å². The summed E-state index contributed by atoms with van der Waals surface area (Å²) >= 11 is 3.40. The highest BCUT2D eigenvalue weighted by molar-refractivity contribution is 9.10. The fourth-order valence-corrected chi connectivity index (χ4v) is 2.83. The Labute approximate surface area is 130 Å². The molecule has 6 heteroatoms. The second-order valence-corrected chi connectivity index (χ2v) is 5.94. The number of fused-ring (bicyclic) bond motifs is 1. The van der Waals surface area contributed by atoms with Crippen molar-refractivity contribution in [1.82, 2.24) is 9.78 Å². The molecule has 1 aromatic heterocycles. The van der Waals surface area contributed by atoms with Crippen molar-refractivity contribution in [2.45, 2.75) is 25.6 Å². The lowest BCUT2D eigenvalue weighted by atomic mass is 10.2. The molecule has 21 heavy (non-hydrogen) atoms. The minimum atomic E-state index is -0.894. The largest absolute Gasteiger partial charge is 0.461 e. The smallest absolute Gasteiger partial charge is 0.358 e. The summed E-state index contributed by atoms with van der Waals surface area (Å²) in [4.78, 5) is 11.9. The number of carbonyl (C=O) groups is 1. The van der Waals surface area contributed by atoms with Gasteiger partial charge in [-0.3, -0.25) is 4.68 Å². The topological polar surface area (TPSA) is 44.1 Å². The third-order valence-corrected chi connectivity index (χ3v) is 3.88. The molecule has 0 fully saturated rings. The molecule has 1 aromatic carbocycles. The molecule has 1 unspecified atom stereocenters. The summed E-state index contributed by atoms with van der Waals surface area (Å²) in [6.07, 6.45) is 0.0676. The molecule has 0 N–H and O–H groups in total. The second-order valence-electron chi connectivity index (χ2n) is 5.02. The Kier molecular flexibility index (Phi) is 4.05. The summed E-state index contributed by atoms with van der Waals surface area (Å²) in [5, 5.41) is 4.08. The van der Waals surface area contributed by atoms with E-state index in [1.807, 2.05) is 24.3 Å². The molecule has 2 heterocycles. The zero-order valence-electron chi connectivity index (χ0n) is 11.3. The summed E-state index contributed by atoms with van der Waals surface area (Å²) in [5.74, 6) is -0.456. The molecule has 1 atom stereocenters. The molecular formula is C15H14BrFN2O2. The van der Waals surface area contributed by atoms with Gasteiger partial charge in [-0.1, -0.05) is 28.1 Å². The van der Waals surface area contributed by atoms with Crippen molar-refractivity contribution in [1.29, 1.82) is 0 Å². The van der Waals surface area contributed by atoms with E-state index in [1.54, 1.807) is 6.07 Å². The average molecular weight is 353 g/mol. The lowest BCUT2D eigenvalue weighted by Gasteiger charge is -2.04. The lowest BCUT2D eigenvalue weighted by molar-refractivity contribution is 0.0501. The first-order valence-electron chi connectivity index (χ1n) is 6.74. The Morgan fingerprint density at radius 2 is 2.33 bits per heavy atom. The van der Waals surface area contributed by atoms with Crippen LogP contribution < -0.4 is 0 Å². The molecule has 0 spiro atoms. The van der Waals surface area contributed by atoms with Crippen molar-refractivity contribution in [2.75, 3.05) is 6.61 Å². The van der Waals surface area contributed by atoms with Crippen molar-refractivity contribution in [3.05, 3.63) is 51.8 Å². The van der Waals surface area contributed by atoms with Gasteiger partial charge in [-0.2, -0.15) is 5.10 Å². The Hall–Kier alpha value is -1.69. The SMILES string of the molecule is O=C(OCCc1cccc(Br)c1)c1cc2n(n1)CC(F)C2. The zero-order chi connectivity index (χ0) is 14.8. The molecule has 0 bridgehead atoms. The van der Waals surface area contributed by atoms with E-state index in [9.17, 15) is 9.18 Å². The molecular weight excluding hydrogens is 339 g/mol. The molecule has 0 amide bonds. The van der Waals surface area contributed by atoms with Crippen LogP contribution in [0.2, 0.25) is 0 Å². The fourth-order valence-electron chi connectivity index (χ4n) is 2.38. The first-order chi connectivity index (χ1) is 10.1. The summed E-state index contributed by atoms with van der Waals surface area (Å²) in [5.41, 5.74) is 2.09. The molecule has 0 aliphatic carbocycles. The number of ether oxygens (including phenoxy) is 1. The van der Waals surface area contributed by atoms with E-state index in [-0.39, 0.29) is 12.2 Å². The van der Waals surface area contributed by atoms with E-state index in [1.165, 1.54) is 4.68 Å². The van der Waals surface area contributed by atoms with Gasteiger partial charge in [0.05, 0.1) is 13.2 Å². The average Bonchev–Trinajstić information content (AvgIpc) is 2.96. The number of esters is 1. The van der Waals surface area contributed by atoms with E-state index in [0.717, 1.165) is 15.7 Å². The van der Waals surface area contributed by atoms with Crippen LogP contribution in [0.15, 0.2) is 34.8 Å². The standard InChI is InChI=1S/C15H14BrFN2O2/c16-11-3-1-2-10(6-11)4-5-21-15(20)14-8-13-7-12(17)9-19(13)18-14/h1-3,6,8,12H,4-5,7,9H2. The van der Waals surface area contributed by atoms with Crippen LogP contribution >= 0.6 is 15.9 Å². The van der Waals surface area contributed by atoms with Crippen LogP contribution in [0.1, 0.15) is 21.7 Å². The van der Waals surface area contributed by atoms with Crippen molar-refractivity contribution >= 4 is 21.9 Å². The first-order valence-corrected chi connectivity index (χ1v) is 7.53. The maximum atomic E-state index is 13.1. The highest BCUT2D eigenvalue weighted by atomic mass is 79.9. The summed E-state index contributed by atoms with van der Waals surface area (Å²) in [6, 6.07) is 9.46. The van der Waals surface area contributed by atoms with Crippen LogP contribution in [-0.2, 0) is 24.1 Å². The number of nitrogens with zero attached hydrogens (tertiary/aromatic N) is 2. The highest BCUT2D eigenvalue weighted by Gasteiger charge is 2.25. The minimum absolute atomic E-state index is 0.223. The molecule has 110 valence electrons. The molecule has 0 saturated heterocycles. The van der Waals surface area contributed by atoms with Gasteiger partial charge in [-0.15, -0.1) is 0 Å². The molecule has 1 aliphatic heterocycles. The van der Waals surface area contributed by atoms with Crippen LogP contribution in [0.3, 0.4) is 0 Å². The van der Waals surface area contributed by atoms with Crippen molar-refractivity contribution in [3.63, 3.8) is 0 Å². The van der Waals surface area contributed by atoms with Gasteiger partial charge in [0.1, 0.15) is 6.17 Å². The Bertz CT molecular complexity index is 648. The molecule has 0 saturated carbocycles. The van der Waals surface area contributed by atoms with Gasteiger partial charge in [0.25, 0.3) is 0 Å². The van der Waals surface area contributed by atoms with Crippen molar-refractivity contribution in [2.24, 2.45) is 0 Å². The number of hydrogen-bond donors (Lipinski definition) is 0. The second kappa shape index (κ2) is 5.97. The minimum Gasteiger partial charge on any atom is -0.461 e. The van der Waals surface area contributed by atoms with Crippen LogP contribution in [0.5, 0.6) is 0 Å². The van der Waals surface area contributed by atoms with E-state index in [2.05, 4.69) is 21.0 Å². The number of aromatic nitrogens is 2. The van der Waals surface area contributed by atoms with Crippen molar-refractivity contribution < 1.29 is 13.9 Å². The van der Waals surface area contributed by atoms with Crippen LogP contribution in [0.25, 0.3) is 0 Å². The quantitative estimate of drug-likeness (QED) is 0.794. The summed E-state index contributed by atoms with van der Waals surface area (Å²) in [6.45, 7) is 0.518. The Morgan fingerprint density at radius 1 is 1.48 bits per heavy atom. The molecule has 3 rings (SSSR count). The maximum Gasteiger partial charge on any atom is 0.358 e. The lowest BCUT2D eigenvalue weighted by Crippen LogP contribution is -2.11. The third kappa shape index (κ3) is 3.32. The molecule has 4 nitrogen and oxygen atoms in total. The van der Waals surface area contributed by atoms with Gasteiger partial charge in [0.2, 0.25) is 0 Å². The van der Waals surface area contributed by atoms with Crippen LogP contribution in [0.4, 0.5) is 4.39 Å². The number of halogens is 2. The number of hydrogen-bond acceptors (Lipinski definition) is 3. The normalized spacial score (nSPS) is 16.8. The van der Waals surface area contributed by atoms with E-state index >= 15 is 0 Å². The number of alkyl halides is 1. The molecule has 2 aromatic rings. The Morgan fingerprint density at radius 3 is 3.10 bits per heavy atom. The predicted octanol–water partition coefficient (Wildman–Crippen LogP) is 2.94. The van der Waals surface area contributed by atoms with Gasteiger partial charge >= 0.3 is 5.97 Å². The highest BCUT2D eigenvalue weighted by Crippen LogP contribution is 2.18. The first kappa shape index (κ1) is 14.3. The monoisotopic (exact) mass is 352 g/mol. The van der Waals surface area contributed by atoms with Gasteiger partial charge in [0.15, 0.2) is 5.69 Å². The third-order valence-electron chi connectivity index (χ3n) is 3.39. The van der Waals surface area contributed by atoms with Gasteiger partial charge < -0.3 is 4.74 Å².